The first-order valence-corrected chi connectivity index (χ1v) is 13.5. The van der Waals surface area contributed by atoms with Gasteiger partial charge in [0.05, 0.1) is 18.3 Å². The number of fused-ring (bicyclic) bond motifs is 1. The number of sulfonamides is 1. The lowest BCUT2D eigenvalue weighted by molar-refractivity contribution is 0.0344. The second kappa shape index (κ2) is 9.87. The number of carbonyl (C=O) groups is 1. The van der Waals surface area contributed by atoms with Crippen LogP contribution in [0.2, 0.25) is 0 Å². The largest absolute Gasteiger partial charge is 0.465 e. The molecule has 2 N–H and O–H groups in total. The van der Waals surface area contributed by atoms with E-state index in [1.807, 2.05) is 0 Å². The van der Waals surface area contributed by atoms with Crippen LogP contribution in [0.15, 0.2) is 4.21 Å². The molecule has 7 nitrogen and oxygen atoms in total. The van der Waals surface area contributed by atoms with Crippen LogP contribution in [-0.2, 0) is 27.7 Å². The van der Waals surface area contributed by atoms with Gasteiger partial charge in [-0.25, -0.2) is 17.9 Å². The van der Waals surface area contributed by atoms with E-state index in [1.165, 1.54) is 24.9 Å². The predicted octanol–water partition coefficient (Wildman–Crippen LogP) is 3.30. The van der Waals surface area contributed by atoms with E-state index in [1.54, 1.807) is 13.8 Å². The van der Waals surface area contributed by atoms with Gasteiger partial charge < -0.3 is 9.84 Å². The molecular weight excluding hydrogens is 436 g/mol. The van der Waals surface area contributed by atoms with Crippen molar-refractivity contribution in [2.24, 2.45) is 5.92 Å². The molecule has 1 aliphatic heterocycles. The van der Waals surface area contributed by atoms with Crippen LogP contribution in [0.3, 0.4) is 0 Å². The van der Waals surface area contributed by atoms with Gasteiger partial charge >= 0.3 is 5.97 Å². The van der Waals surface area contributed by atoms with Crippen LogP contribution in [0.4, 0.5) is 0 Å². The molecule has 1 aromatic heterocycles. The van der Waals surface area contributed by atoms with Gasteiger partial charge in [0.25, 0.3) is 10.0 Å². The van der Waals surface area contributed by atoms with Crippen LogP contribution in [0, 0.1) is 5.92 Å². The molecule has 2 aliphatic rings. The summed E-state index contributed by atoms with van der Waals surface area (Å²) in [5.74, 6) is -0.230. The Kier molecular flexibility index (Phi) is 7.84. The molecule has 0 saturated heterocycles. The van der Waals surface area contributed by atoms with E-state index in [0.29, 0.717) is 38.4 Å². The normalized spacial score (nSPS) is 19.8. The van der Waals surface area contributed by atoms with Crippen molar-refractivity contribution in [3.8, 4) is 0 Å². The lowest BCUT2D eigenvalue weighted by atomic mass is 9.90. The van der Waals surface area contributed by atoms with Crippen molar-refractivity contribution in [1.29, 1.82) is 0 Å². The molecule has 0 amide bonds. The SMILES string of the molecule is COC(=O)c1c(S(=O)(=O)NCC2CCCCC2)sc2c1CCN(C(C)CC(C)(C)O)C2. The average molecular weight is 473 g/mol. The van der Waals surface area contributed by atoms with Crippen LogP contribution < -0.4 is 4.72 Å². The molecule has 9 heteroatoms. The van der Waals surface area contributed by atoms with Crippen molar-refractivity contribution in [2.75, 3.05) is 20.2 Å². The molecule has 31 heavy (non-hydrogen) atoms. The smallest absolute Gasteiger partial charge is 0.340 e. The van der Waals surface area contributed by atoms with Crippen LogP contribution in [-0.4, -0.2) is 56.2 Å². The van der Waals surface area contributed by atoms with E-state index >= 15 is 0 Å². The molecule has 1 unspecified atom stereocenters. The fourth-order valence-corrected chi connectivity index (χ4v) is 7.88. The maximum absolute atomic E-state index is 13.2. The monoisotopic (exact) mass is 472 g/mol. The quantitative estimate of drug-likeness (QED) is 0.564. The lowest BCUT2D eigenvalue weighted by Gasteiger charge is -2.35. The fraction of sp³-hybridized carbons (Fsp3) is 0.773. The lowest BCUT2D eigenvalue weighted by Crippen LogP contribution is -2.41. The molecule has 1 saturated carbocycles. The number of nitrogens with zero attached hydrogens (tertiary/aromatic N) is 1. The van der Waals surface area contributed by atoms with Gasteiger partial charge in [-0.2, -0.15) is 0 Å². The summed E-state index contributed by atoms with van der Waals surface area (Å²) in [6, 6.07) is 0.140. The number of hydrogen-bond donors (Lipinski definition) is 2. The summed E-state index contributed by atoms with van der Waals surface area (Å²) < 4.78 is 34.2. The number of methoxy groups -OCH3 is 1. The molecule has 0 spiro atoms. The van der Waals surface area contributed by atoms with E-state index < -0.39 is 21.6 Å². The van der Waals surface area contributed by atoms with Crippen LogP contribution in [0.1, 0.15) is 80.1 Å². The third-order valence-corrected chi connectivity index (χ3v) is 9.55. The van der Waals surface area contributed by atoms with Gasteiger partial charge in [-0.05, 0) is 57.9 Å². The predicted molar refractivity (Wildman–Crippen MR) is 122 cm³/mol. The van der Waals surface area contributed by atoms with Crippen molar-refractivity contribution >= 4 is 27.3 Å². The number of carbonyl (C=O) groups excluding carboxylic acids is 1. The van der Waals surface area contributed by atoms with E-state index in [-0.39, 0.29) is 15.8 Å². The summed E-state index contributed by atoms with van der Waals surface area (Å²) in [5.41, 5.74) is 0.221. The number of nitrogens with one attached hydrogen (secondary N) is 1. The number of thiophene rings is 1. The molecule has 3 rings (SSSR count). The molecule has 176 valence electrons. The van der Waals surface area contributed by atoms with Gasteiger partial charge in [0.2, 0.25) is 0 Å². The van der Waals surface area contributed by atoms with Gasteiger partial charge in [0, 0.05) is 30.6 Å². The highest BCUT2D eigenvalue weighted by atomic mass is 32.2. The first-order chi connectivity index (χ1) is 14.5. The van der Waals surface area contributed by atoms with Crippen molar-refractivity contribution in [2.45, 2.75) is 88.1 Å². The average Bonchev–Trinajstić information content (AvgIpc) is 3.11. The van der Waals surface area contributed by atoms with E-state index in [4.69, 9.17) is 4.74 Å². The third-order valence-electron chi connectivity index (χ3n) is 6.39. The topological polar surface area (TPSA) is 95.9 Å². The first-order valence-electron chi connectivity index (χ1n) is 11.2. The van der Waals surface area contributed by atoms with Crippen LogP contribution in [0.25, 0.3) is 0 Å². The van der Waals surface area contributed by atoms with Crippen molar-refractivity contribution in [1.82, 2.24) is 9.62 Å². The zero-order valence-electron chi connectivity index (χ0n) is 19.1. The molecule has 0 radical (unpaired) electrons. The second-order valence-electron chi connectivity index (χ2n) is 9.60. The molecule has 0 aromatic carbocycles. The summed E-state index contributed by atoms with van der Waals surface area (Å²) in [4.78, 5) is 15.7. The molecule has 2 heterocycles. The number of rotatable bonds is 8. The summed E-state index contributed by atoms with van der Waals surface area (Å²) >= 11 is 1.18. The molecule has 1 fully saturated rings. The van der Waals surface area contributed by atoms with Gasteiger partial charge in [0.1, 0.15) is 4.21 Å². The van der Waals surface area contributed by atoms with Crippen molar-refractivity contribution in [3.05, 3.63) is 16.0 Å². The maximum atomic E-state index is 13.2. The Bertz CT molecular complexity index is 882. The molecule has 1 aromatic rings. The highest BCUT2D eigenvalue weighted by Gasteiger charge is 2.35. The summed E-state index contributed by atoms with van der Waals surface area (Å²) in [6.45, 7) is 7.35. The second-order valence-corrected chi connectivity index (χ2v) is 12.7. The van der Waals surface area contributed by atoms with Gasteiger partial charge in [-0.15, -0.1) is 11.3 Å². The number of aliphatic hydroxyl groups is 1. The third kappa shape index (κ3) is 6.07. The Morgan fingerprint density at radius 3 is 2.61 bits per heavy atom. The first kappa shape index (κ1) is 24.6. The van der Waals surface area contributed by atoms with Crippen LogP contribution >= 0.6 is 11.3 Å². The Morgan fingerprint density at radius 1 is 1.32 bits per heavy atom. The van der Waals surface area contributed by atoms with Gasteiger partial charge in [-0.1, -0.05) is 19.3 Å². The van der Waals surface area contributed by atoms with Crippen LogP contribution in [0.5, 0.6) is 0 Å². The van der Waals surface area contributed by atoms with E-state index in [0.717, 1.165) is 36.1 Å². The number of hydrogen-bond acceptors (Lipinski definition) is 7. The zero-order chi connectivity index (χ0) is 22.8. The Hall–Kier alpha value is -1.00. The van der Waals surface area contributed by atoms with E-state index in [2.05, 4.69) is 16.5 Å². The summed E-state index contributed by atoms with van der Waals surface area (Å²) in [7, 11) is -2.51. The van der Waals surface area contributed by atoms with Crippen molar-refractivity contribution in [3.63, 3.8) is 0 Å². The minimum atomic E-state index is -3.80. The standard InChI is InChI=1S/C22H36N2O5S2/c1-15(12-22(2,3)26)24-11-10-17-18(14-24)30-21(19(17)20(25)29-4)31(27,28)23-13-16-8-6-5-7-9-16/h15-16,23,26H,5-14H2,1-4H3. The number of esters is 1. The molecule has 1 atom stereocenters. The number of ether oxygens (including phenoxy) is 1. The Morgan fingerprint density at radius 2 is 2.00 bits per heavy atom. The molecule has 0 bridgehead atoms. The maximum Gasteiger partial charge on any atom is 0.340 e. The molecular formula is C22H36N2O5S2. The Labute approximate surface area is 190 Å². The van der Waals surface area contributed by atoms with E-state index in [9.17, 15) is 18.3 Å². The summed E-state index contributed by atoms with van der Waals surface area (Å²) in [6.07, 6.45) is 6.80. The zero-order valence-corrected chi connectivity index (χ0v) is 20.7. The highest BCUT2D eigenvalue weighted by molar-refractivity contribution is 7.91. The minimum absolute atomic E-state index is 0.0807. The molecule has 1 aliphatic carbocycles. The van der Waals surface area contributed by atoms with Crippen molar-refractivity contribution < 1.29 is 23.1 Å². The summed E-state index contributed by atoms with van der Waals surface area (Å²) in [5, 5.41) is 10.2. The minimum Gasteiger partial charge on any atom is -0.465 e. The van der Waals surface area contributed by atoms with Gasteiger partial charge in [0.15, 0.2) is 0 Å². The fourth-order valence-electron chi connectivity index (χ4n) is 4.81. The highest BCUT2D eigenvalue weighted by Crippen LogP contribution is 2.37. The Balaban J connectivity index is 1.84. The van der Waals surface area contributed by atoms with Gasteiger partial charge in [-0.3, -0.25) is 4.90 Å².